The minimum Gasteiger partial charge on any atom is -0.340 e. The molecule has 1 rings (SSSR count). The maximum Gasteiger partial charge on any atom is 0.255 e. The summed E-state index contributed by atoms with van der Waals surface area (Å²) in [4.78, 5) is 13.3. The Bertz CT molecular complexity index is 299. The number of nitrogens with two attached hydrogens (primary N) is 1. The van der Waals surface area contributed by atoms with E-state index in [-0.39, 0.29) is 11.9 Å². The van der Waals surface area contributed by atoms with E-state index < -0.39 is 0 Å². The van der Waals surface area contributed by atoms with Gasteiger partial charge in [0.1, 0.15) is 0 Å². The van der Waals surface area contributed by atoms with Crippen LogP contribution in [0.2, 0.25) is 0 Å². The molecule has 0 saturated carbocycles. The lowest BCUT2D eigenvalue weighted by molar-refractivity contribution is 0.0788. The zero-order valence-electron chi connectivity index (χ0n) is 8.34. The van der Waals surface area contributed by atoms with Crippen molar-refractivity contribution in [2.45, 2.75) is 13.0 Å². The SMILES string of the molecule is CC(N)CN(C)C(=O)c1ccnnc1. The Hall–Kier alpha value is -1.49. The minimum atomic E-state index is -0.0859. The molecule has 0 radical (unpaired) electrons. The monoisotopic (exact) mass is 194 g/mol. The number of hydrogen-bond donors (Lipinski definition) is 1. The fourth-order valence-electron chi connectivity index (χ4n) is 1.15. The van der Waals surface area contributed by atoms with Crippen molar-refractivity contribution in [2.75, 3.05) is 13.6 Å². The van der Waals surface area contributed by atoms with Gasteiger partial charge < -0.3 is 10.6 Å². The number of carbonyl (C=O) groups is 1. The van der Waals surface area contributed by atoms with Crippen LogP contribution in [-0.2, 0) is 0 Å². The summed E-state index contributed by atoms with van der Waals surface area (Å²) in [7, 11) is 1.71. The first-order chi connectivity index (χ1) is 6.61. The van der Waals surface area contributed by atoms with Gasteiger partial charge in [-0.25, -0.2) is 0 Å². The number of amides is 1. The molecule has 1 amide bonds. The fourth-order valence-corrected chi connectivity index (χ4v) is 1.15. The average molecular weight is 194 g/mol. The summed E-state index contributed by atoms with van der Waals surface area (Å²) in [6, 6.07) is 1.60. The normalized spacial score (nSPS) is 12.2. The van der Waals surface area contributed by atoms with Crippen LogP contribution in [0.5, 0.6) is 0 Å². The van der Waals surface area contributed by atoms with E-state index in [1.807, 2.05) is 6.92 Å². The maximum absolute atomic E-state index is 11.7. The van der Waals surface area contributed by atoms with Crippen molar-refractivity contribution < 1.29 is 4.79 Å². The Morgan fingerprint density at radius 1 is 1.64 bits per heavy atom. The van der Waals surface area contributed by atoms with E-state index in [0.717, 1.165) is 0 Å². The molecule has 0 aliphatic heterocycles. The van der Waals surface area contributed by atoms with Crippen LogP contribution in [0.1, 0.15) is 17.3 Å². The van der Waals surface area contributed by atoms with Gasteiger partial charge in [0.05, 0.1) is 18.0 Å². The molecule has 0 aromatic carbocycles. The first-order valence-corrected chi connectivity index (χ1v) is 4.39. The second kappa shape index (κ2) is 4.66. The number of aromatic nitrogens is 2. The third kappa shape index (κ3) is 2.77. The molecule has 0 aliphatic carbocycles. The molecule has 1 unspecified atom stereocenters. The van der Waals surface area contributed by atoms with Crippen LogP contribution in [0, 0.1) is 0 Å². The largest absolute Gasteiger partial charge is 0.340 e. The first-order valence-electron chi connectivity index (χ1n) is 4.39. The molecule has 0 saturated heterocycles. The van der Waals surface area contributed by atoms with Crippen LogP contribution in [-0.4, -0.2) is 40.6 Å². The van der Waals surface area contributed by atoms with Gasteiger partial charge in [-0.05, 0) is 13.0 Å². The van der Waals surface area contributed by atoms with E-state index in [4.69, 9.17) is 5.73 Å². The van der Waals surface area contributed by atoms with E-state index in [0.29, 0.717) is 12.1 Å². The molecule has 1 heterocycles. The second-order valence-corrected chi connectivity index (χ2v) is 3.29. The van der Waals surface area contributed by atoms with Crippen LogP contribution >= 0.6 is 0 Å². The van der Waals surface area contributed by atoms with E-state index >= 15 is 0 Å². The molecule has 0 spiro atoms. The van der Waals surface area contributed by atoms with Crippen LogP contribution in [0.4, 0.5) is 0 Å². The topological polar surface area (TPSA) is 72.1 Å². The zero-order chi connectivity index (χ0) is 10.6. The summed E-state index contributed by atoms with van der Waals surface area (Å²) >= 11 is 0. The van der Waals surface area contributed by atoms with Crippen LogP contribution in [0.15, 0.2) is 18.5 Å². The molecule has 5 nitrogen and oxygen atoms in total. The highest BCUT2D eigenvalue weighted by molar-refractivity contribution is 5.93. The summed E-state index contributed by atoms with van der Waals surface area (Å²) in [5.74, 6) is -0.0859. The third-order valence-electron chi connectivity index (χ3n) is 1.74. The summed E-state index contributed by atoms with van der Waals surface area (Å²) in [5, 5.41) is 7.24. The third-order valence-corrected chi connectivity index (χ3v) is 1.74. The van der Waals surface area contributed by atoms with Gasteiger partial charge in [-0.3, -0.25) is 4.79 Å². The first kappa shape index (κ1) is 10.6. The number of nitrogens with zero attached hydrogens (tertiary/aromatic N) is 3. The Morgan fingerprint density at radius 2 is 2.36 bits per heavy atom. The lowest BCUT2D eigenvalue weighted by Crippen LogP contribution is -2.37. The average Bonchev–Trinajstić information content (AvgIpc) is 2.17. The molecule has 0 bridgehead atoms. The van der Waals surface area contributed by atoms with Crippen molar-refractivity contribution in [3.63, 3.8) is 0 Å². The van der Waals surface area contributed by atoms with E-state index in [1.165, 1.54) is 12.4 Å². The van der Waals surface area contributed by atoms with Gasteiger partial charge in [-0.2, -0.15) is 10.2 Å². The zero-order valence-corrected chi connectivity index (χ0v) is 8.34. The number of rotatable bonds is 3. The lowest BCUT2D eigenvalue weighted by atomic mass is 10.2. The number of likely N-dealkylation sites (N-methyl/N-ethyl adjacent to an activating group) is 1. The minimum absolute atomic E-state index is 0.0289. The van der Waals surface area contributed by atoms with E-state index in [2.05, 4.69) is 10.2 Å². The van der Waals surface area contributed by atoms with Gasteiger partial charge in [-0.15, -0.1) is 0 Å². The van der Waals surface area contributed by atoms with Crippen molar-refractivity contribution in [2.24, 2.45) is 5.73 Å². The van der Waals surface area contributed by atoms with Crippen molar-refractivity contribution >= 4 is 5.91 Å². The highest BCUT2D eigenvalue weighted by Crippen LogP contribution is 2.00. The molecule has 1 aromatic rings. The van der Waals surface area contributed by atoms with Gasteiger partial charge in [0.2, 0.25) is 0 Å². The fraction of sp³-hybridized carbons (Fsp3) is 0.444. The Labute approximate surface area is 82.9 Å². The molecule has 0 fully saturated rings. The predicted octanol–water partition coefficient (Wildman–Crippen LogP) is -0.104. The Kier molecular flexibility index (Phi) is 3.53. The van der Waals surface area contributed by atoms with Crippen LogP contribution in [0.25, 0.3) is 0 Å². The van der Waals surface area contributed by atoms with Gasteiger partial charge in [0.25, 0.3) is 5.91 Å². The summed E-state index contributed by atoms with van der Waals surface area (Å²) in [6.45, 7) is 2.38. The van der Waals surface area contributed by atoms with Gasteiger partial charge in [-0.1, -0.05) is 0 Å². The number of carbonyl (C=O) groups excluding carboxylic acids is 1. The van der Waals surface area contributed by atoms with Gasteiger partial charge in [0, 0.05) is 19.6 Å². The summed E-state index contributed by atoms with van der Waals surface area (Å²) < 4.78 is 0. The smallest absolute Gasteiger partial charge is 0.255 e. The molecule has 1 atom stereocenters. The molecule has 76 valence electrons. The number of hydrogen-bond acceptors (Lipinski definition) is 4. The molecular formula is C9H14N4O. The Morgan fingerprint density at radius 3 is 2.86 bits per heavy atom. The molecular weight excluding hydrogens is 180 g/mol. The molecule has 5 heteroatoms. The van der Waals surface area contributed by atoms with Crippen LogP contribution < -0.4 is 5.73 Å². The van der Waals surface area contributed by atoms with E-state index in [9.17, 15) is 4.79 Å². The lowest BCUT2D eigenvalue weighted by Gasteiger charge is -2.18. The van der Waals surface area contributed by atoms with Gasteiger partial charge in [0.15, 0.2) is 0 Å². The maximum atomic E-state index is 11.7. The van der Waals surface area contributed by atoms with E-state index in [1.54, 1.807) is 18.0 Å². The molecule has 2 N–H and O–H groups in total. The van der Waals surface area contributed by atoms with Crippen molar-refractivity contribution in [3.05, 3.63) is 24.0 Å². The molecule has 14 heavy (non-hydrogen) atoms. The standard InChI is InChI=1S/C9H14N4O/c1-7(10)6-13(2)9(14)8-3-4-11-12-5-8/h3-5,7H,6,10H2,1-2H3. The molecule has 1 aromatic heterocycles. The molecule has 0 aliphatic rings. The summed E-state index contributed by atoms with van der Waals surface area (Å²) in [5.41, 5.74) is 6.12. The second-order valence-electron chi connectivity index (χ2n) is 3.29. The quantitative estimate of drug-likeness (QED) is 0.729. The highest BCUT2D eigenvalue weighted by atomic mass is 16.2. The van der Waals surface area contributed by atoms with Crippen LogP contribution in [0.3, 0.4) is 0 Å². The van der Waals surface area contributed by atoms with Crippen molar-refractivity contribution in [3.8, 4) is 0 Å². The van der Waals surface area contributed by atoms with Crippen molar-refractivity contribution in [1.82, 2.24) is 15.1 Å². The Balaban J connectivity index is 2.66. The van der Waals surface area contributed by atoms with Crippen molar-refractivity contribution in [1.29, 1.82) is 0 Å². The van der Waals surface area contributed by atoms with Gasteiger partial charge >= 0.3 is 0 Å². The predicted molar refractivity (Wildman–Crippen MR) is 52.6 cm³/mol. The highest BCUT2D eigenvalue weighted by Gasteiger charge is 2.12. The summed E-state index contributed by atoms with van der Waals surface area (Å²) in [6.07, 6.45) is 2.94.